The quantitative estimate of drug-likeness (QED) is 0.415. The minimum Gasteiger partial charge on any atom is -0.339 e. The summed E-state index contributed by atoms with van der Waals surface area (Å²) in [5.41, 5.74) is 3.70. The van der Waals surface area contributed by atoms with E-state index in [4.69, 9.17) is 16.7 Å². The number of tetrazole rings is 1. The van der Waals surface area contributed by atoms with Gasteiger partial charge in [0.1, 0.15) is 0 Å². The second-order valence-electron chi connectivity index (χ2n) is 8.88. The predicted molar refractivity (Wildman–Crippen MR) is 132 cm³/mol. The molecule has 0 saturated carbocycles. The van der Waals surface area contributed by atoms with Gasteiger partial charge in [-0.25, -0.2) is 0 Å². The molecule has 0 bridgehead atoms. The second-order valence-corrected chi connectivity index (χ2v) is 9.31. The van der Waals surface area contributed by atoms with E-state index in [1.807, 2.05) is 78.6 Å². The summed E-state index contributed by atoms with van der Waals surface area (Å²) in [6.45, 7) is 3.81. The lowest BCUT2D eigenvalue weighted by molar-refractivity contribution is 0.0681. The number of aryl methyl sites for hydroxylation is 1. The number of rotatable bonds is 5. The van der Waals surface area contributed by atoms with Crippen molar-refractivity contribution in [3.63, 3.8) is 0 Å². The molecule has 2 heterocycles. The minimum atomic E-state index is -0.385. The third-order valence-corrected chi connectivity index (χ3v) is 6.90. The minimum absolute atomic E-state index is 0.0704. The number of aromatic nitrogens is 4. The average Bonchev–Trinajstić information content (AvgIpc) is 3.35. The van der Waals surface area contributed by atoms with E-state index in [1.165, 1.54) is 0 Å². The Morgan fingerprint density at radius 3 is 2.29 bits per heavy atom. The summed E-state index contributed by atoms with van der Waals surface area (Å²) in [6.07, 6.45) is 1.47. The van der Waals surface area contributed by atoms with Gasteiger partial charge < -0.3 is 4.90 Å². The van der Waals surface area contributed by atoms with Crippen LogP contribution in [0.3, 0.4) is 0 Å². The van der Waals surface area contributed by atoms with E-state index in [0.717, 1.165) is 35.1 Å². The zero-order valence-electron chi connectivity index (χ0n) is 19.1. The number of hydrogen-bond donors (Lipinski definition) is 0. The van der Waals surface area contributed by atoms with Gasteiger partial charge >= 0.3 is 0 Å². The topological polar surface area (TPSA) is 63.9 Å². The molecular weight excluding hydrogens is 446 g/mol. The summed E-state index contributed by atoms with van der Waals surface area (Å²) in [4.78, 5) is 16.7. The number of nitrogens with zero attached hydrogens (tertiary/aromatic N) is 5. The zero-order chi connectivity index (χ0) is 23.5. The molecule has 5 rings (SSSR count). The molecule has 1 aliphatic rings. The molecule has 1 aromatic heterocycles. The number of piperidine rings is 1. The van der Waals surface area contributed by atoms with Crippen molar-refractivity contribution in [1.29, 1.82) is 0 Å². The van der Waals surface area contributed by atoms with Crippen molar-refractivity contribution in [2.45, 2.75) is 31.7 Å². The van der Waals surface area contributed by atoms with Crippen molar-refractivity contribution in [3.05, 3.63) is 112 Å². The first-order valence-corrected chi connectivity index (χ1v) is 11.9. The molecule has 6 nitrogen and oxygen atoms in total. The van der Waals surface area contributed by atoms with Gasteiger partial charge in [0.15, 0.2) is 5.82 Å². The molecule has 0 unspecified atom stereocenters. The van der Waals surface area contributed by atoms with Gasteiger partial charge in [0.05, 0.1) is 12.0 Å². The highest BCUT2D eigenvalue weighted by molar-refractivity contribution is 6.30. The molecule has 1 fully saturated rings. The standard InChI is InChI=1S/C27H26ClN5O/c1-20-7-11-22(12-8-20)25(34)32-17-15-27(16-18-32,23-5-3-2-4-6-23)26-29-31-33(30-26)19-21-9-13-24(28)14-10-21/h2-14H,15-19H2,1H3. The summed E-state index contributed by atoms with van der Waals surface area (Å²) in [5.74, 6) is 0.774. The van der Waals surface area contributed by atoms with Crippen molar-refractivity contribution in [1.82, 2.24) is 25.1 Å². The van der Waals surface area contributed by atoms with E-state index in [0.29, 0.717) is 30.5 Å². The Bertz CT molecular complexity index is 1260. The molecule has 3 aromatic carbocycles. The van der Waals surface area contributed by atoms with Gasteiger partial charge in [0, 0.05) is 23.7 Å². The third-order valence-electron chi connectivity index (χ3n) is 6.65. The Balaban J connectivity index is 1.39. The van der Waals surface area contributed by atoms with E-state index in [9.17, 15) is 4.79 Å². The Labute approximate surface area is 204 Å². The molecule has 0 N–H and O–H groups in total. The number of amides is 1. The number of hydrogen-bond acceptors (Lipinski definition) is 4. The van der Waals surface area contributed by atoms with Gasteiger partial charge in [0.25, 0.3) is 5.91 Å². The van der Waals surface area contributed by atoms with Crippen molar-refractivity contribution >= 4 is 17.5 Å². The van der Waals surface area contributed by atoms with Crippen LogP contribution in [0.4, 0.5) is 0 Å². The lowest BCUT2D eigenvalue weighted by Gasteiger charge is -2.40. The zero-order valence-corrected chi connectivity index (χ0v) is 19.8. The number of carbonyl (C=O) groups excluding carboxylic acids is 1. The van der Waals surface area contributed by atoms with Crippen LogP contribution in [0.5, 0.6) is 0 Å². The van der Waals surface area contributed by atoms with E-state index in [1.54, 1.807) is 4.80 Å². The molecule has 0 aliphatic carbocycles. The van der Waals surface area contributed by atoms with E-state index >= 15 is 0 Å². The summed E-state index contributed by atoms with van der Waals surface area (Å²) in [6, 6.07) is 25.8. The number of benzene rings is 3. The molecular formula is C27H26ClN5O. The molecule has 1 saturated heterocycles. The van der Waals surface area contributed by atoms with Crippen molar-refractivity contribution in [3.8, 4) is 0 Å². The van der Waals surface area contributed by atoms with Gasteiger partial charge in [-0.15, -0.1) is 10.2 Å². The molecule has 0 atom stereocenters. The van der Waals surface area contributed by atoms with Crippen LogP contribution in [0.1, 0.15) is 45.7 Å². The Morgan fingerprint density at radius 2 is 1.62 bits per heavy atom. The lowest BCUT2D eigenvalue weighted by Crippen LogP contribution is -2.46. The SMILES string of the molecule is Cc1ccc(C(=O)N2CCC(c3ccccc3)(c3nnn(Cc4ccc(Cl)cc4)n3)CC2)cc1. The summed E-state index contributed by atoms with van der Waals surface area (Å²) in [7, 11) is 0. The first kappa shape index (κ1) is 22.3. The Kier molecular flexibility index (Phi) is 6.16. The van der Waals surface area contributed by atoms with Gasteiger partial charge in [-0.05, 0) is 60.4 Å². The van der Waals surface area contributed by atoms with Crippen molar-refractivity contribution < 1.29 is 4.79 Å². The largest absolute Gasteiger partial charge is 0.339 e. The normalized spacial score (nSPS) is 15.3. The highest BCUT2D eigenvalue weighted by Crippen LogP contribution is 2.40. The predicted octanol–water partition coefficient (Wildman–Crippen LogP) is 4.91. The Morgan fingerprint density at radius 1 is 0.941 bits per heavy atom. The maximum atomic E-state index is 13.1. The average molecular weight is 472 g/mol. The van der Waals surface area contributed by atoms with Crippen LogP contribution in [-0.4, -0.2) is 44.1 Å². The molecule has 34 heavy (non-hydrogen) atoms. The van der Waals surface area contributed by atoms with Gasteiger partial charge in [-0.3, -0.25) is 4.79 Å². The highest BCUT2D eigenvalue weighted by atomic mass is 35.5. The van der Waals surface area contributed by atoms with Crippen LogP contribution >= 0.6 is 11.6 Å². The number of halogens is 1. The van der Waals surface area contributed by atoms with E-state index in [2.05, 4.69) is 22.4 Å². The van der Waals surface area contributed by atoms with Crippen LogP contribution in [-0.2, 0) is 12.0 Å². The summed E-state index contributed by atoms with van der Waals surface area (Å²) < 4.78 is 0. The number of carbonyl (C=O) groups is 1. The van der Waals surface area contributed by atoms with Gasteiger partial charge in [-0.1, -0.05) is 71.8 Å². The fraction of sp³-hybridized carbons (Fsp3) is 0.259. The molecule has 4 aromatic rings. The molecule has 1 aliphatic heterocycles. The molecule has 0 radical (unpaired) electrons. The van der Waals surface area contributed by atoms with Crippen molar-refractivity contribution in [2.75, 3.05) is 13.1 Å². The van der Waals surface area contributed by atoms with Gasteiger partial charge in [0.2, 0.25) is 0 Å². The lowest BCUT2D eigenvalue weighted by atomic mass is 9.72. The smallest absolute Gasteiger partial charge is 0.253 e. The monoisotopic (exact) mass is 471 g/mol. The molecule has 7 heteroatoms. The van der Waals surface area contributed by atoms with Crippen LogP contribution in [0.25, 0.3) is 0 Å². The first-order chi connectivity index (χ1) is 16.5. The fourth-order valence-electron chi connectivity index (χ4n) is 4.62. The molecule has 1 amide bonds. The number of likely N-dealkylation sites (tertiary alicyclic amines) is 1. The van der Waals surface area contributed by atoms with Gasteiger partial charge in [-0.2, -0.15) is 4.80 Å². The van der Waals surface area contributed by atoms with Crippen molar-refractivity contribution in [2.24, 2.45) is 0 Å². The van der Waals surface area contributed by atoms with Crippen LogP contribution < -0.4 is 0 Å². The highest BCUT2D eigenvalue weighted by Gasteiger charge is 2.42. The van der Waals surface area contributed by atoms with Crippen LogP contribution in [0.15, 0.2) is 78.9 Å². The van der Waals surface area contributed by atoms with E-state index in [-0.39, 0.29) is 11.3 Å². The Hall–Kier alpha value is -3.51. The van der Waals surface area contributed by atoms with E-state index < -0.39 is 0 Å². The van der Waals surface area contributed by atoms with Crippen LogP contribution in [0.2, 0.25) is 5.02 Å². The molecule has 172 valence electrons. The first-order valence-electron chi connectivity index (χ1n) is 11.5. The molecule has 0 spiro atoms. The third kappa shape index (κ3) is 4.46. The summed E-state index contributed by atoms with van der Waals surface area (Å²) in [5, 5.41) is 14.3. The summed E-state index contributed by atoms with van der Waals surface area (Å²) >= 11 is 6.01. The maximum Gasteiger partial charge on any atom is 0.253 e. The van der Waals surface area contributed by atoms with Crippen LogP contribution in [0, 0.1) is 6.92 Å². The fourth-order valence-corrected chi connectivity index (χ4v) is 4.75. The maximum absolute atomic E-state index is 13.1. The second kappa shape index (κ2) is 9.39.